The Labute approximate surface area is 174 Å². The standard InChI is InChI=1S/C23H34N6/c1-4-24-23(27-21-10-13-28(14-11-21)17-19(2)3)26-16-22-25-12-15-29(22)18-20-8-6-5-7-9-20/h5-9,12,15,21H,2,4,10-11,13-14,16-18H2,1,3H3,(H2,24,26,27). The molecule has 2 N–H and O–H groups in total. The molecule has 156 valence electrons. The quantitative estimate of drug-likeness (QED) is 0.411. The van der Waals surface area contributed by atoms with Crippen LogP contribution < -0.4 is 10.6 Å². The molecular weight excluding hydrogens is 360 g/mol. The number of rotatable bonds is 8. The van der Waals surface area contributed by atoms with E-state index in [1.165, 1.54) is 11.1 Å². The van der Waals surface area contributed by atoms with E-state index in [4.69, 9.17) is 4.99 Å². The van der Waals surface area contributed by atoms with Crippen molar-refractivity contribution in [3.63, 3.8) is 0 Å². The number of aromatic nitrogens is 2. The molecule has 1 aromatic heterocycles. The second kappa shape index (κ2) is 10.8. The molecule has 2 heterocycles. The van der Waals surface area contributed by atoms with E-state index in [1.54, 1.807) is 0 Å². The smallest absolute Gasteiger partial charge is 0.191 e. The average molecular weight is 395 g/mol. The fourth-order valence-corrected chi connectivity index (χ4v) is 3.70. The summed E-state index contributed by atoms with van der Waals surface area (Å²) in [4.78, 5) is 11.8. The van der Waals surface area contributed by atoms with Crippen LogP contribution in [0.25, 0.3) is 0 Å². The first-order valence-corrected chi connectivity index (χ1v) is 10.6. The topological polar surface area (TPSA) is 57.5 Å². The molecule has 0 amide bonds. The van der Waals surface area contributed by atoms with E-state index < -0.39 is 0 Å². The molecule has 1 saturated heterocycles. The summed E-state index contributed by atoms with van der Waals surface area (Å²) in [5.74, 6) is 1.85. The number of aliphatic imine (C=N–C) groups is 1. The van der Waals surface area contributed by atoms with Gasteiger partial charge in [0, 0.05) is 51.2 Å². The van der Waals surface area contributed by atoms with Crippen molar-refractivity contribution < 1.29 is 0 Å². The molecule has 6 nitrogen and oxygen atoms in total. The van der Waals surface area contributed by atoms with Gasteiger partial charge >= 0.3 is 0 Å². The van der Waals surface area contributed by atoms with Gasteiger partial charge in [-0.15, -0.1) is 0 Å². The lowest BCUT2D eigenvalue weighted by molar-refractivity contribution is 0.221. The van der Waals surface area contributed by atoms with Crippen LogP contribution in [-0.4, -0.2) is 52.6 Å². The molecule has 6 heteroatoms. The first kappa shape index (κ1) is 21.1. The molecular formula is C23H34N6. The van der Waals surface area contributed by atoms with Crippen LogP contribution in [0.1, 0.15) is 38.1 Å². The third-order valence-electron chi connectivity index (χ3n) is 5.14. The Bertz CT molecular complexity index is 787. The van der Waals surface area contributed by atoms with E-state index in [0.717, 1.165) is 57.3 Å². The number of hydrogen-bond acceptors (Lipinski definition) is 3. The van der Waals surface area contributed by atoms with Gasteiger partial charge < -0.3 is 15.2 Å². The average Bonchev–Trinajstić information content (AvgIpc) is 3.15. The predicted molar refractivity (Wildman–Crippen MR) is 120 cm³/mol. The number of nitrogens with zero attached hydrogens (tertiary/aromatic N) is 4. The number of benzene rings is 1. The van der Waals surface area contributed by atoms with Gasteiger partial charge in [0.25, 0.3) is 0 Å². The molecule has 0 radical (unpaired) electrons. The SMILES string of the molecule is C=C(C)CN1CCC(NC(=NCc2nccn2Cc2ccccc2)NCC)CC1. The number of piperidine rings is 1. The highest BCUT2D eigenvalue weighted by Crippen LogP contribution is 2.12. The maximum atomic E-state index is 4.80. The Balaban J connectivity index is 1.56. The van der Waals surface area contributed by atoms with Crippen molar-refractivity contribution in [2.24, 2.45) is 4.99 Å². The first-order valence-electron chi connectivity index (χ1n) is 10.6. The summed E-state index contributed by atoms with van der Waals surface area (Å²) in [6, 6.07) is 10.9. The molecule has 2 aromatic rings. The van der Waals surface area contributed by atoms with Crippen LogP contribution in [0.15, 0.2) is 59.9 Å². The van der Waals surface area contributed by atoms with Crippen molar-refractivity contribution in [3.8, 4) is 0 Å². The third kappa shape index (κ3) is 6.75. The zero-order chi connectivity index (χ0) is 20.5. The number of hydrogen-bond donors (Lipinski definition) is 2. The Morgan fingerprint density at radius 1 is 1.24 bits per heavy atom. The first-order chi connectivity index (χ1) is 14.1. The van der Waals surface area contributed by atoms with E-state index in [0.29, 0.717) is 12.6 Å². The lowest BCUT2D eigenvalue weighted by Crippen LogP contribution is -2.48. The summed E-state index contributed by atoms with van der Waals surface area (Å²) in [7, 11) is 0. The summed E-state index contributed by atoms with van der Waals surface area (Å²) in [6.07, 6.45) is 6.13. The van der Waals surface area contributed by atoms with E-state index in [1.807, 2.05) is 18.5 Å². The van der Waals surface area contributed by atoms with Crippen molar-refractivity contribution in [3.05, 3.63) is 66.3 Å². The predicted octanol–water partition coefficient (Wildman–Crippen LogP) is 3.03. The van der Waals surface area contributed by atoms with Gasteiger partial charge in [-0.25, -0.2) is 9.98 Å². The van der Waals surface area contributed by atoms with Crippen LogP contribution in [0.5, 0.6) is 0 Å². The van der Waals surface area contributed by atoms with Crippen LogP contribution in [0.4, 0.5) is 0 Å². The van der Waals surface area contributed by atoms with Gasteiger partial charge in [-0.05, 0) is 32.3 Å². The van der Waals surface area contributed by atoms with Crippen molar-refractivity contribution in [1.29, 1.82) is 0 Å². The highest BCUT2D eigenvalue weighted by Gasteiger charge is 2.19. The lowest BCUT2D eigenvalue weighted by Gasteiger charge is -2.33. The summed E-state index contributed by atoms with van der Waals surface area (Å²) < 4.78 is 2.17. The van der Waals surface area contributed by atoms with Gasteiger partial charge in [-0.1, -0.05) is 42.5 Å². The van der Waals surface area contributed by atoms with Crippen molar-refractivity contribution in [2.75, 3.05) is 26.2 Å². The number of imidazole rings is 1. The zero-order valence-electron chi connectivity index (χ0n) is 17.8. The molecule has 1 aliphatic rings. The fraction of sp³-hybridized carbons (Fsp3) is 0.478. The van der Waals surface area contributed by atoms with Gasteiger partial charge in [0.2, 0.25) is 0 Å². The minimum atomic E-state index is 0.457. The Morgan fingerprint density at radius 2 is 2.00 bits per heavy atom. The van der Waals surface area contributed by atoms with E-state index >= 15 is 0 Å². The van der Waals surface area contributed by atoms with Gasteiger partial charge in [-0.2, -0.15) is 0 Å². The molecule has 1 aliphatic heterocycles. The lowest BCUT2D eigenvalue weighted by atomic mass is 10.0. The molecule has 1 fully saturated rings. The molecule has 0 bridgehead atoms. The molecule has 0 aliphatic carbocycles. The second-order valence-corrected chi connectivity index (χ2v) is 7.80. The minimum Gasteiger partial charge on any atom is -0.357 e. The molecule has 3 rings (SSSR count). The molecule has 0 atom stereocenters. The maximum absolute atomic E-state index is 4.80. The molecule has 0 spiro atoms. The van der Waals surface area contributed by atoms with Crippen LogP contribution in [0.3, 0.4) is 0 Å². The summed E-state index contributed by atoms with van der Waals surface area (Å²) in [5.41, 5.74) is 2.50. The van der Waals surface area contributed by atoms with Gasteiger partial charge in [-0.3, -0.25) is 4.90 Å². The van der Waals surface area contributed by atoms with Gasteiger partial charge in [0.1, 0.15) is 12.4 Å². The third-order valence-corrected chi connectivity index (χ3v) is 5.14. The summed E-state index contributed by atoms with van der Waals surface area (Å²) in [6.45, 7) is 13.7. The second-order valence-electron chi connectivity index (χ2n) is 7.80. The number of likely N-dealkylation sites (tertiary alicyclic amines) is 1. The largest absolute Gasteiger partial charge is 0.357 e. The number of nitrogens with one attached hydrogen (secondary N) is 2. The normalized spacial score (nSPS) is 16.0. The fourth-order valence-electron chi connectivity index (χ4n) is 3.70. The number of guanidine groups is 1. The van der Waals surface area contributed by atoms with Crippen molar-refractivity contribution >= 4 is 5.96 Å². The zero-order valence-corrected chi connectivity index (χ0v) is 17.8. The maximum Gasteiger partial charge on any atom is 0.191 e. The molecule has 29 heavy (non-hydrogen) atoms. The van der Waals surface area contributed by atoms with Crippen LogP contribution in [-0.2, 0) is 13.1 Å². The van der Waals surface area contributed by atoms with E-state index in [9.17, 15) is 0 Å². The minimum absolute atomic E-state index is 0.457. The highest BCUT2D eigenvalue weighted by molar-refractivity contribution is 5.80. The van der Waals surface area contributed by atoms with Crippen LogP contribution in [0, 0.1) is 0 Å². The van der Waals surface area contributed by atoms with Crippen molar-refractivity contribution in [2.45, 2.75) is 45.8 Å². The Kier molecular flexibility index (Phi) is 7.87. The molecule has 1 aromatic carbocycles. The summed E-state index contributed by atoms with van der Waals surface area (Å²) >= 11 is 0. The highest BCUT2D eigenvalue weighted by atomic mass is 15.2. The monoisotopic (exact) mass is 394 g/mol. The van der Waals surface area contributed by atoms with Crippen molar-refractivity contribution in [1.82, 2.24) is 25.1 Å². The van der Waals surface area contributed by atoms with Crippen LogP contribution in [0.2, 0.25) is 0 Å². The molecule has 0 saturated carbocycles. The summed E-state index contributed by atoms with van der Waals surface area (Å²) in [5, 5.41) is 6.99. The van der Waals surface area contributed by atoms with Gasteiger partial charge in [0.05, 0.1) is 0 Å². The van der Waals surface area contributed by atoms with Crippen LogP contribution >= 0.6 is 0 Å². The Hall–Kier alpha value is -2.60. The Morgan fingerprint density at radius 3 is 2.69 bits per heavy atom. The molecule has 0 unspecified atom stereocenters. The van der Waals surface area contributed by atoms with Gasteiger partial charge in [0.15, 0.2) is 5.96 Å². The van der Waals surface area contributed by atoms with E-state index in [-0.39, 0.29) is 0 Å². The van der Waals surface area contributed by atoms with E-state index in [2.05, 4.69) is 69.8 Å².